The Morgan fingerprint density at radius 3 is 2.66 bits per heavy atom. The number of aromatic nitrogens is 4. The smallest absolute Gasteiger partial charge is 0.168 e. The molecule has 0 aliphatic heterocycles. The molecule has 10 nitrogen and oxygen atoms in total. The number of pyridine rings is 2. The summed E-state index contributed by atoms with van der Waals surface area (Å²) in [6.45, 7) is 10.7. The zero-order chi connectivity index (χ0) is 36.2. The van der Waals surface area contributed by atoms with Crippen molar-refractivity contribution >= 4 is 28.8 Å². The zero-order valence-electron chi connectivity index (χ0n) is 30.1. The first-order valence-electron chi connectivity index (χ1n) is 17.4. The van der Waals surface area contributed by atoms with E-state index in [1.165, 1.54) is 10.8 Å². The van der Waals surface area contributed by atoms with Crippen molar-refractivity contribution in [2.24, 2.45) is 16.6 Å². The van der Waals surface area contributed by atoms with Gasteiger partial charge in [0.15, 0.2) is 34.6 Å². The van der Waals surface area contributed by atoms with Crippen LogP contribution in [0.15, 0.2) is 60.0 Å². The van der Waals surface area contributed by atoms with Crippen LogP contribution in [0.25, 0.3) is 5.65 Å². The Morgan fingerprint density at radius 1 is 1.12 bits per heavy atom. The first kappa shape index (κ1) is 38.1. The number of rotatable bonds is 19. The average Bonchev–Trinajstić information content (AvgIpc) is 3.54. The second-order valence-corrected chi connectivity index (χ2v) is 13.0. The van der Waals surface area contributed by atoms with Crippen LogP contribution in [-0.4, -0.2) is 69.8 Å². The number of unbranched alkanes of at least 4 members (excludes halogenated alkanes) is 2. The van der Waals surface area contributed by atoms with Crippen LogP contribution < -0.4 is 15.4 Å². The van der Waals surface area contributed by atoms with Crippen LogP contribution in [0.1, 0.15) is 76.1 Å². The van der Waals surface area contributed by atoms with Crippen molar-refractivity contribution in [3.8, 4) is 11.5 Å². The number of nitrogens with two attached hydrogens (primary N) is 1. The molecule has 0 aliphatic carbocycles. The molecule has 0 aliphatic rings. The Hall–Kier alpha value is -4.71. The summed E-state index contributed by atoms with van der Waals surface area (Å²) >= 11 is 0. The van der Waals surface area contributed by atoms with E-state index in [2.05, 4.69) is 46.8 Å². The van der Waals surface area contributed by atoms with Crippen molar-refractivity contribution < 1.29 is 18.3 Å². The normalized spacial score (nSPS) is 12.7. The van der Waals surface area contributed by atoms with Crippen molar-refractivity contribution in [2.75, 3.05) is 38.6 Å². The van der Waals surface area contributed by atoms with E-state index < -0.39 is 11.6 Å². The summed E-state index contributed by atoms with van der Waals surface area (Å²) in [5, 5.41) is 4.02. The molecule has 0 amide bonds. The molecule has 50 heavy (non-hydrogen) atoms. The van der Waals surface area contributed by atoms with E-state index in [1.54, 1.807) is 24.4 Å². The Labute approximate surface area is 294 Å². The predicted molar refractivity (Wildman–Crippen MR) is 196 cm³/mol. The van der Waals surface area contributed by atoms with Gasteiger partial charge in [-0.1, -0.05) is 52.2 Å². The minimum Gasteiger partial charge on any atom is -0.454 e. The van der Waals surface area contributed by atoms with E-state index in [0.29, 0.717) is 23.7 Å². The number of fused-ring (bicyclic) bond motifs is 1. The first-order chi connectivity index (χ1) is 24.0. The Morgan fingerprint density at radius 2 is 1.92 bits per heavy atom. The lowest BCUT2D eigenvalue weighted by molar-refractivity contribution is -0.114. The van der Waals surface area contributed by atoms with Crippen LogP contribution in [0.4, 0.5) is 20.3 Å². The Kier molecular flexibility index (Phi) is 14.0. The molecule has 4 aromatic rings. The number of hydrogen-bond acceptors (Lipinski definition) is 8. The van der Waals surface area contributed by atoms with Gasteiger partial charge in [0.25, 0.3) is 0 Å². The molecule has 2 N–H and O–H groups in total. The van der Waals surface area contributed by atoms with Crippen molar-refractivity contribution in [3.05, 3.63) is 83.5 Å². The standard InChI is InChI=1S/C38H50F2N8O2/c1-7-13-28-20-27(4)36(45-38(28)47(24-26(3)8-2)18-11-9-10-14-29(49)15-12-17-46(5)6)37(41)44-33-22-32(40)34(23-31(33)39)50-30-16-19-48-35(21-30)42-25-43-48/h12,15-16,19-23,25-26H,7-11,13-14,17-18,24H2,1-6H3,(H2,41,44)/b15-12+. The number of ether oxygens (including phenoxy) is 1. The minimum absolute atomic E-state index is 0.0136. The zero-order valence-corrected chi connectivity index (χ0v) is 30.1. The number of amidine groups is 1. The lowest BCUT2D eigenvalue weighted by atomic mass is 10.0. The summed E-state index contributed by atoms with van der Waals surface area (Å²) < 4.78 is 37.7. The molecule has 3 aromatic heterocycles. The SMILES string of the molecule is CCCc1cc(C)c(C(N)=Nc2cc(F)c(Oc3ccn4ncnc4c3)cc2F)nc1N(CCCCCC(=O)/C=C/CN(C)C)CC(C)CC. The molecule has 1 unspecified atom stereocenters. The molecule has 0 radical (unpaired) electrons. The number of ketones is 1. The molecule has 0 saturated carbocycles. The maximum atomic E-state index is 15.3. The van der Waals surface area contributed by atoms with Crippen LogP contribution in [0.2, 0.25) is 0 Å². The maximum Gasteiger partial charge on any atom is 0.168 e. The Bertz CT molecular complexity index is 1800. The first-order valence-corrected chi connectivity index (χ1v) is 17.4. The van der Waals surface area contributed by atoms with Gasteiger partial charge in [-0.05, 0) is 69.5 Å². The highest BCUT2D eigenvalue weighted by Gasteiger charge is 2.20. The lowest BCUT2D eigenvalue weighted by Gasteiger charge is -2.29. The second-order valence-electron chi connectivity index (χ2n) is 13.0. The van der Waals surface area contributed by atoms with Crippen molar-refractivity contribution in [2.45, 2.75) is 72.6 Å². The summed E-state index contributed by atoms with van der Waals surface area (Å²) in [4.78, 5) is 30.0. The van der Waals surface area contributed by atoms with Gasteiger partial charge >= 0.3 is 0 Å². The number of benzene rings is 1. The van der Waals surface area contributed by atoms with Gasteiger partial charge in [-0.3, -0.25) is 4.79 Å². The van der Waals surface area contributed by atoms with Gasteiger partial charge in [-0.2, -0.15) is 5.10 Å². The van der Waals surface area contributed by atoms with Gasteiger partial charge in [0.1, 0.15) is 29.3 Å². The van der Waals surface area contributed by atoms with Gasteiger partial charge in [0, 0.05) is 50.5 Å². The van der Waals surface area contributed by atoms with E-state index in [0.717, 1.165) is 87.2 Å². The number of likely N-dealkylation sites (N-methyl/N-ethyl adjacent to an activating group) is 1. The van der Waals surface area contributed by atoms with Crippen LogP contribution in [0.5, 0.6) is 11.5 Å². The van der Waals surface area contributed by atoms with E-state index >= 15 is 8.78 Å². The molecular weight excluding hydrogens is 638 g/mol. The van der Waals surface area contributed by atoms with E-state index in [1.807, 2.05) is 32.0 Å². The topological polar surface area (TPSA) is 114 Å². The maximum absolute atomic E-state index is 15.3. The number of anilines is 1. The molecule has 1 aromatic carbocycles. The second kappa shape index (κ2) is 18.3. The molecule has 4 rings (SSSR count). The van der Waals surface area contributed by atoms with Crippen LogP contribution in [0, 0.1) is 24.5 Å². The predicted octanol–water partition coefficient (Wildman–Crippen LogP) is 7.59. The van der Waals surface area contributed by atoms with Crippen molar-refractivity contribution in [3.63, 3.8) is 0 Å². The highest BCUT2D eigenvalue weighted by atomic mass is 19.1. The highest BCUT2D eigenvalue weighted by Crippen LogP contribution is 2.32. The van der Waals surface area contributed by atoms with E-state index in [9.17, 15) is 4.79 Å². The van der Waals surface area contributed by atoms with Gasteiger partial charge in [0.2, 0.25) is 0 Å². The molecule has 0 fully saturated rings. The third-order valence-corrected chi connectivity index (χ3v) is 8.41. The van der Waals surface area contributed by atoms with Crippen LogP contribution >= 0.6 is 0 Å². The molecule has 0 saturated heterocycles. The number of aliphatic imine (C=N–C) groups is 1. The summed E-state index contributed by atoms with van der Waals surface area (Å²) in [6, 6.07) is 7.14. The number of aryl methyl sites for hydroxylation is 2. The van der Waals surface area contributed by atoms with E-state index in [-0.39, 0.29) is 28.8 Å². The fraction of sp³-hybridized carbons (Fsp3) is 0.447. The van der Waals surface area contributed by atoms with Gasteiger partial charge in [-0.25, -0.2) is 28.3 Å². The third-order valence-electron chi connectivity index (χ3n) is 8.41. The molecule has 0 spiro atoms. The molecule has 3 heterocycles. The molecule has 268 valence electrons. The fourth-order valence-electron chi connectivity index (χ4n) is 5.54. The number of nitrogens with zero attached hydrogens (tertiary/aromatic N) is 7. The van der Waals surface area contributed by atoms with E-state index in [4.69, 9.17) is 15.5 Å². The molecule has 1 atom stereocenters. The monoisotopic (exact) mass is 688 g/mol. The van der Waals surface area contributed by atoms with Crippen LogP contribution in [0.3, 0.4) is 0 Å². The average molecular weight is 689 g/mol. The highest BCUT2D eigenvalue weighted by molar-refractivity contribution is 5.99. The summed E-state index contributed by atoms with van der Waals surface area (Å²) in [7, 11) is 3.94. The number of carbonyl (C=O) groups is 1. The largest absolute Gasteiger partial charge is 0.454 e. The van der Waals surface area contributed by atoms with Gasteiger partial charge < -0.3 is 20.3 Å². The number of hydrogen-bond donors (Lipinski definition) is 1. The minimum atomic E-state index is -0.797. The summed E-state index contributed by atoms with van der Waals surface area (Å²) in [5.74, 6) is -0.225. The van der Waals surface area contributed by atoms with Gasteiger partial charge in [0.05, 0.1) is 0 Å². The fourth-order valence-corrected chi connectivity index (χ4v) is 5.54. The lowest BCUT2D eigenvalue weighted by Crippen LogP contribution is -2.32. The number of halogens is 2. The third kappa shape index (κ3) is 10.6. The van der Waals surface area contributed by atoms with Crippen molar-refractivity contribution in [1.29, 1.82) is 0 Å². The Balaban J connectivity index is 1.55. The van der Waals surface area contributed by atoms with Crippen LogP contribution in [-0.2, 0) is 11.2 Å². The molecule has 12 heteroatoms. The molecule has 0 bridgehead atoms. The molecular formula is C38H50F2N8O2. The number of allylic oxidation sites excluding steroid dienone is 1. The summed E-state index contributed by atoms with van der Waals surface area (Å²) in [5.41, 5.74) is 9.05. The van der Waals surface area contributed by atoms with Crippen molar-refractivity contribution in [1.82, 2.24) is 24.5 Å². The quantitative estimate of drug-likeness (QED) is 0.0464. The summed E-state index contributed by atoms with van der Waals surface area (Å²) in [6.07, 6.45) is 12.5. The number of carbonyl (C=O) groups excluding carboxylic acids is 1. The van der Waals surface area contributed by atoms with Gasteiger partial charge in [-0.15, -0.1) is 0 Å².